The maximum Gasteiger partial charge on any atom is 0.255 e. The number of halogens is 2. The number of nitrogen functional groups attached to an aromatic ring is 1. The van der Waals surface area contributed by atoms with Crippen LogP contribution >= 0.6 is 23.2 Å². The summed E-state index contributed by atoms with van der Waals surface area (Å²) in [6, 6.07) is 3.08. The Morgan fingerprint density at radius 1 is 1.29 bits per heavy atom. The Labute approximate surface area is 109 Å². The van der Waals surface area contributed by atoms with Crippen molar-refractivity contribution in [1.29, 1.82) is 0 Å². The van der Waals surface area contributed by atoms with Gasteiger partial charge in [0.25, 0.3) is 5.91 Å². The number of carbonyl (C=O) groups excluding carboxylic acids is 1. The van der Waals surface area contributed by atoms with Gasteiger partial charge in [-0.05, 0) is 12.1 Å². The minimum Gasteiger partial charge on any atom is -0.399 e. The van der Waals surface area contributed by atoms with Crippen molar-refractivity contribution in [3.63, 3.8) is 0 Å². The average molecular weight is 275 g/mol. The van der Waals surface area contributed by atoms with E-state index in [9.17, 15) is 4.79 Å². The number of nitrogens with two attached hydrogens (primary N) is 1. The van der Waals surface area contributed by atoms with Gasteiger partial charge in [0.1, 0.15) is 0 Å². The maximum atomic E-state index is 12.2. The first kappa shape index (κ1) is 12.5. The van der Waals surface area contributed by atoms with Gasteiger partial charge in [-0.1, -0.05) is 23.2 Å². The summed E-state index contributed by atoms with van der Waals surface area (Å²) in [5.74, 6) is -0.160. The third kappa shape index (κ3) is 2.65. The van der Waals surface area contributed by atoms with E-state index in [1.165, 1.54) is 6.07 Å². The molecule has 0 spiro atoms. The molecule has 1 saturated heterocycles. The molecule has 1 aliphatic rings. The van der Waals surface area contributed by atoms with Crippen LogP contribution in [-0.4, -0.2) is 37.1 Å². The van der Waals surface area contributed by atoms with Crippen LogP contribution in [-0.2, 0) is 4.74 Å². The van der Waals surface area contributed by atoms with E-state index in [4.69, 9.17) is 33.7 Å². The summed E-state index contributed by atoms with van der Waals surface area (Å²) < 4.78 is 5.19. The number of ether oxygens (including phenoxy) is 1. The van der Waals surface area contributed by atoms with Crippen LogP contribution in [0.4, 0.5) is 5.69 Å². The monoisotopic (exact) mass is 274 g/mol. The van der Waals surface area contributed by atoms with Gasteiger partial charge in [0.15, 0.2) is 0 Å². The highest BCUT2D eigenvalue weighted by Gasteiger charge is 2.22. The zero-order chi connectivity index (χ0) is 12.4. The van der Waals surface area contributed by atoms with Gasteiger partial charge < -0.3 is 15.4 Å². The van der Waals surface area contributed by atoms with Gasteiger partial charge in [-0.2, -0.15) is 0 Å². The van der Waals surface area contributed by atoms with E-state index in [2.05, 4.69) is 0 Å². The summed E-state index contributed by atoms with van der Waals surface area (Å²) >= 11 is 11.9. The largest absolute Gasteiger partial charge is 0.399 e. The normalized spacial score (nSPS) is 16.0. The molecule has 1 heterocycles. The molecule has 4 nitrogen and oxygen atoms in total. The van der Waals surface area contributed by atoms with Crippen LogP contribution in [0.15, 0.2) is 12.1 Å². The van der Waals surface area contributed by atoms with Crippen molar-refractivity contribution in [1.82, 2.24) is 4.90 Å². The number of rotatable bonds is 1. The summed E-state index contributed by atoms with van der Waals surface area (Å²) in [6.07, 6.45) is 0. The SMILES string of the molecule is Nc1cc(Cl)c(Cl)c(C(=O)N2CCOCC2)c1. The Hall–Kier alpha value is -0.970. The summed E-state index contributed by atoms with van der Waals surface area (Å²) in [6.45, 7) is 2.20. The third-order valence-corrected chi connectivity index (χ3v) is 3.38. The van der Waals surface area contributed by atoms with E-state index in [-0.39, 0.29) is 10.9 Å². The summed E-state index contributed by atoms with van der Waals surface area (Å²) in [7, 11) is 0. The minimum atomic E-state index is -0.160. The van der Waals surface area contributed by atoms with E-state index in [1.54, 1.807) is 11.0 Å². The fourth-order valence-electron chi connectivity index (χ4n) is 1.70. The number of carbonyl (C=O) groups is 1. The van der Waals surface area contributed by atoms with Gasteiger partial charge in [-0.25, -0.2) is 0 Å². The molecule has 1 fully saturated rings. The number of anilines is 1. The minimum absolute atomic E-state index is 0.160. The molecule has 92 valence electrons. The molecule has 6 heteroatoms. The van der Waals surface area contributed by atoms with Crippen LogP contribution < -0.4 is 5.73 Å². The summed E-state index contributed by atoms with van der Waals surface area (Å²) in [4.78, 5) is 13.9. The predicted octanol–water partition coefficient (Wildman–Crippen LogP) is 2.05. The van der Waals surface area contributed by atoms with Gasteiger partial charge in [0, 0.05) is 18.8 Å². The molecule has 1 aromatic rings. The second-order valence-electron chi connectivity index (χ2n) is 3.77. The molecule has 0 bridgehead atoms. The van der Waals surface area contributed by atoms with Crippen molar-refractivity contribution in [3.8, 4) is 0 Å². The molecule has 1 aliphatic heterocycles. The molecule has 0 saturated carbocycles. The third-order valence-electron chi connectivity index (χ3n) is 2.58. The molecule has 1 aromatic carbocycles. The Balaban J connectivity index is 2.29. The smallest absolute Gasteiger partial charge is 0.255 e. The lowest BCUT2D eigenvalue weighted by atomic mass is 10.1. The Kier molecular flexibility index (Phi) is 3.76. The fraction of sp³-hybridized carbons (Fsp3) is 0.364. The second kappa shape index (κ2) is 5.12. The molecular formula is C11H12Cl2N2O2. The second-order valence-corrected chi connectivity index (χ2v) is 4.55. The van der Waals surface area contributed by atoms with Gasteiger partial charge in [0.05, 0.1) is 28.8 Å². The van der Waals surface area contributed by atoms with Gasteiger partial charge in [-0.15, -0.1) is 0 Å². The molecule has 0 radical (unpaired) electrons. The first-order valence-corrected chi connectivity index (χ1v) is 5.96. The number of amides is 1. The summed E-state index contributed by atoms with van der Waals surface area (Å²) in [5, 5.41) is 0.542. The van der Waals surface area contributed by atoms with Crippen molar-refractivity contribution in [3.05, 3.63) is 27.7 Å². The zero-order valence-electron chi connectivity index (χ0n) is 9.08. The molecule has 2 rings (SSSR count). The predicted molar refractivity (Wildman–Crippen MR) is 67.6 cm³/mol. The number of benzene rings is 1. The summed E-state index contributed by atoms with van der Waals surface area (Å²) in [5.41, 5.74) is 6.43. The van der Waals surface area contributed by atoms with E-state index in [1.807, 2.05) is 0 Å². The van der Waals surface area contributed by atoms with Crippen molar-refractivity contribution < 1.29 is 9.53 Å². The molecule has 2 N–H and O–H groups in total. The topological polar surface area (TPSA) is 55.6 Å². The maximum absolute atomic E-state index is 12.2. The molecule has 1 amide bonds. The number of hydrogen-bond acceptors (Lipinski definition) is 3. The van der Waals surface area contributed by atoms with Crippen LogP contribution in [0.5, 0.6) is 0 Å². The van der Waals surface area contributed by atoms with E-state index >= 15 is 0 Å². The number of hydrogen-bond donors (Lipinski definition) is 1. The molecular weight excluding hydrogens is 263 g/mol. The average Bonchev–Trinajstić information content (AvgIpc) is 2.34. The van der Waals surface area contributed by atoms with E-state index in [0.717, 1.165) is 0 Å². The van der Waals surface area contributed by atoms with Crippen molar-refractivity contribution >= 4 is 34.8 Å². The highest BCUT2D eigenvalue weighted by atomic mass is 35.5. The quantitative estimate of drug-likeness (QED) is 0.798. The molecule has 0 unspecified atom stereocenters. The van der Waals surface area contributed by atoms with E-state index in [0.29, 0.717) is 42.6 Å². The zero-order valence-corrected chi connectivity index (χ0v) is 10.6. The van der Waals surface area contributed by atoms with E-state index < -0.39 is 0 Å². The lowest BCUT2D eigenvalue weighted by molar-refractivity contribution is 0.0303. The fourth-order valence-corrected chi connectivity index (χ4v) is 2.12. The highest BCUT2D eigenvalue weighted by Crippen LogP contribution is 2.29. The molecule has 0 atom stereocenters. The van der Waals surface area contributed by atoms with Gasteiger partial charge in [0.2, 0.25) is 0 Å². The molecule has 17 heavy (non-hydrogen) atoms. The first-order chi connectivity index (χ1) is 8.09. The van der Waals surface area contributed by atoms with Crippen molar-refractivity contribution in [2.24, 2.45) is 0 Å². The molecule has 0 aliphatic carbocycles. The lowest BCUT2D eigenvalue weighted by Gasteiger charge is -2.27. The first-order valence-electron chi connectivity index (χ1n) is 5.21. The number of morpholine rings is 1. The van der Waals surface area contributed by atoms with Crippen molar-refractivity contribution in [2.45, 2.75) is 0 Å². The number of nitrogens with zero attached hydrogens (tertiary/aromatic N) is 1. The standard InChI is InChI=1S/C11H12Cl2N2O2/c12-9-6-7(14)5-8(10(9)13)11(16)15-1-3-17-4-2-15/h5-6H,1-4,14H2. The Morgan fingerprint density at radius 3 is 2.59 bits per heavy atom. The van der Waals surface area contributed by atoms with Crippen molar-refractivity contribution in [2.75, 3.05) is 32.0 Å². The highest BCUT2D eigenvalue weighted by molar-refractivity contribution is 6.44. The lowest BCUT2D eigenvalue weighted by Crippen LogP contribution is -2.40. The van der Waals surface area contributed by atoms with Crippen LogP contribution in [0.1, 0.15) is 10.4 Å². The Morgan fingerprint density at radius 2 is 1.94 bits per heavy atom. The van der Waals surface area contributed by atoms with Gasteiger partial charge in [-0.3, -0.25) is 4.79 Å². The van der Waals surface area contributed by atoms with Crippen LogP contribution in [0, 0.1) is 0 Å². The van der Waals surface area contributed by atoms with Crippen LogP contribution in [0.25, 0.3) is 0 Å². The Bertz CT molecular complexity index is 445. The molecule has 0 aromatic heterocycles. The van der Waals surface area contributed by atoms with Crippen LogP contribution in [0.2, 0.25) is 10.0 Å². The van der Waals surface area contributed by atoms with Crippen LogP contribution in [0.3, 0.4) is 0 Å². The van der Waals surface area contributed by atoms with Gasteiger partial charge >= 0.3 is 0 Å².